The van der Waals surface area contributed by atoms with Gasteiger partial charge in [0.15, 0.2) is 5.78 Å². The van der Waals surface area contributed by atoms with E-state index in [9.17, 15) is 9.59 Å². The van der Waals surface area contributed by atoms with Crippen LogP contribution in [-0.2, 0) is 4.79 Å². The maximum atomic E-state index is 12.1. The van der Waals surface area contributed by atoms with Gasteiger partial charge in [-0.15, -0.1) is 0 Å². The molecular weight excluding hydrogens is 250 g/mol. The summed E-state index contributed by atoms with van der Waals surface area (Å²) in [5, 5.41) is 2.66. The number of rotatable bonds is 4. The van der Waals surface area contributed by atoms with E-state index < -0.39 is 0 Å². The lowest BCUT2D eigenvalue weighted by atomic mass is 10.1. The normalized spacial score (nSPS) is 10.4. The Morgan fingerprint density at radius 3 is 2.45 bits per heavy atom. The van der Waals surface area contributed by atoms with Gasteiger partial charge in [-0.2, -0.15) is 0 Å². The number of carbonyl (C=O) groups is 2. The van der Waals surface area contributed by atoms with Crippen molar-refractivity contribution in [3.8, 4) is 0 Å². The second-order valence-electron chi connectivity index (χ2n) is 4.37. The summed E-state index contributed by atoms with van der Waals surface area (Å²) in [5.74, 6) is -0.254. The van der Waals surface area contributed by atoms with E-state index in [-0.39, 0.29) is 11.7 Å². The lowest BCUT2D eigenvalue weighted by molar-refractivity contribution is -0.114. The van der Waals surface area contributed by atoms with Gasteiger partial charge in [0.2, 0.25) is 5.91 Å². The molecule has 0 aromatic heterocycles. The molecule has 100 valence electrons. The monoisotopic (exact) mass is 265 g/mol. The molecule has 3 heteroatoms. The van der Waals surface area contributed by atoms with E-state index in [1.165, 1.54) is 13.0 Å². The Morgan fingerprint density at radius 1 is 1.00 bits per heavy atom. The first-order valence-corrected chi connectivity index (χ1v) is 6.30. The SMILES string of the molecule is CC(=O)Nc1cccc(C(=O)/C=C/c2ccccc2)c1. The number of hydrogen-bond acceptors (Lipinski definition) is 2. The van der Waals surface area contributed by atoms with Crippen LogP contribution in [0.1, 0.15) is 22.8 Å². The minimum atomic E-state index is -0.158. The van der Waals surface area contributed by atoms with Gasteiger partial charge in [-0.25, -0.2) is 0 Å². The van der Waals surface area contributed by atoms with Crippen LogP contribution in [0, 0.1) is 0 Å². The van der Waals surface area contributed by atoms with E-state index in [1.54, 1.807) is 30.3 Å². The predicted molar refractivity (Wildman–Crippen MR) is 80.6 cm³/mol. The Kier molecular flexibility index (Phi) is 4.45. The van der Waals surface area contributed by atoms with Crippen molar-refractivity contribution in [2.75, 3.05) is 5.32 Å². The largest absolute Gasteiger partial charge is 0.326 e. The van der Waals surface area contributed by atoms with Crippen LogP contribution in [0.3, 0.4) is 0 Å². The molecule has 0 radical (unpaired) electrons. The molecule has 0 aliphatic rings. The highest BCUT2D eigenvalue weighted by molar-refractivity contribution is 6.07. The number of nitrogens with one attached hydrogen (secondary N) is 1. The predicted octanol–water partition coefficient (Wildman–Crippen LogP) is 3.54. The lowest BCUT2D eigenvalue weighted by Gasteiger charge is -2.03. The van der Waals surface area contributed by atoms with Crippen molar-refractivity contribution in [1.29, 1.82) is 0 Å². The number of hydrogen-bond donors (Lipinski definition) is 1. The highest BCUT2D eigenvalue weighted by Crippen LogP contribution is 2.12. The van der Waals surface area contributed by atoms with E-state index in [1.807, 2.05) is 30.3 Å². The third kappa shape index (κ3) is 3.92. The fourth-order valence-electron chi connectivity index (χ4n) is 1.79. The number of ketones is 1. The highest BCUT2D eigenvalue weighted by atomic mass is 16.1. The maximum Gasteiger partial charge on any atom is 0.221 e. The van der Waals surface area contributed by atoms with Crippen molar-refractivity contribution in [2.24, 2.45) is 0 Å². The summed E-state index contributed by atoms with van der Waals surface area (Å²) in [6.45, 7) is 1.43. The summed E-state index contributed by atoms with van der Waals surface area (Å²) < 4.78 is 0. The quantitative estimate of drug-likeness (QED) is 0.679. The second-order valence-corrected chi connectivity index (χ2v) is 4.37. The van der Waals surface area contributed by atoms with Crippen LogP contribution in [0.15, 0.2) is 60.7 Å². The molecular formula is C17H15NO2. The fraction of sp³-hybridized carbons (Fsp3) is 0.0588. The minimum Gasteiger partial charge on any atom is -0.326 e. The van der Waals surface area contributed by atoms with Crippen LogP contribution in [0.2, 0.25) is 0 Å². The molecule has 0 spiro atoms. The van der Waals surface area contributed by atoms with E-state index in [4.69, 9.17) is 0 Å². The number of benzene rings is 2. The molecule has 3 nitrogen and oxygen atoms in total. The average molecular weight is 265 g/mol. The summed E-state index contributed by atoms with van der Waals surface area (Å²) in [6.07, 6.45) is 3.30. The first-order chi connectivity index (χ1) is 9.65. The van der Waals surface area contributed by atoms with Crippen LogP contribution >= 0.6 is 0 Å². The standard InChI is InChI=1S/C17H15NO2/c1-13(19)18-16-9-5-8-15(12-16)17(20)11-10-14-6-3-2-4-7-14/h2-12H,1H3,(H,18,19)/b11-10+. The van der Waals surface area contributed by atoms with Gasteiger partial charge in [-0.05, 0) is 23.8 Å². The minimum absolute atomic E-state index is 0.0962. The molecule has 1 N–H and O–H groups in total. The summed E-state index contributed by atoms with van der Waals surface area (Å²) in [7, 11) is 0. The van der Waals surface area contributed by atoms with Crippen molar-refractivity contribution in [1.82, 2.24) is 0 Å². The van der Waals surface area contributed by atoms with Crippen LogP contribution in [0.4, 0.5) is 5.69 Å². The van der Waals surface area contributed by atoms with Gasteiger partial charge in [0.25, 0.3) is 0 Å². The molecule has 0 bridgehead atoms. The van der Waals surface area contributed by atoms with Crippen molar-refractivity contribution >= 4 is 23.5 Å². The smallest absolute Gasteiger partial charge is 0.221 e. The molecule has 0 fully saturated rings. The molecule has 0 saturated heterocycles. The molecule has 0 heterocycles. The first-order valence-electron chi connectivity index (χ1n) is 6.30. The van der Waals surface area contributed by atoms with Crippen molar-refractivity contribution in [3.05, 3.63) is 71.8 Å². The number of anilines is 1. The third-order valence-corrected chi connectivity index (χ3v) is 2.69. The molecule has 2 aromatic carbocycles. The van der Waals surface area contributed by atoms with Crippen LogP contribution in [0.5, 0.6) is 0 Å². The molecule has 0 aliphatic heterocycles. The Labute approximate surface area is 117 Å². The molecule has 0 saturated carbocycles. The summed E-state index contributed by atoms with van der Waals surface area (Å²) in [5.41, 5.74) is 2.14. The van der Waals surface area contributed by atoms with Gasteiger partial charge in [-0.3, -0.25) is 9.59 Å². The van der Waals surface area contributed by atoms with Gasteiger partial charge in [0, 0.05) is 18.2 Å². The summed E-state index contributed by atoms with van der Waals surface area (Å²) >= 11 is 0. The lowest BCUT2D eigenvalue weighted by Crippen LogP contribution is -2.06. The van der Waals surface area contributed by atoms with E-state index in [0.717, 1.165) is 5.56 Å². The van der Waals surface area contributed by atoms with Gasteiger partial charge < -0.3 is 5.32 Å². The Bertz CT molecular complexity index is 645. The van der Waals surface area contributed by atoms with Crippen LogP contribution in [-0.4, -0.2) is 11.7 Å². The molecule has 0 atom stereocenters. The molecule has 2 aromatic rings. The van der Waals surface area contributed by atoms with E-state index >= 15 is 0 Å². The van der Waals surface area contributed by atoms with Crippen molar-refractivity contribution in [3.63, 3.8) is 0 Å². The number of allylic oxidation sites excluding steroid dienone is 1. The van der Waals surface area contributed by atoms with Crippen molar-refractivity contribution < 1.29 is 9.59 Å². The van der Waals surface area contributed by atoms with Gasteiger partial charge in [-0.1, -0.05) is 48.5 Å². The fourth-order valence-corrected chi connectivity index (χ4v) is 1.79. The second kappa shape index (κ2) is 6.48. The summed E-state index contributed by atoms with van der Waals surface area (Å²) in [4.78, 5) is 23.1. The summed E-state index contributed by atoms with van der Waals surface area (Å²) in [6, 6.07) is 16.5. The zero-order valence-electron chi connectivity index (χ0n) is 11.2. The Morgan fingerprint density at radius 2 is 1.75 bits per heavy atom. The van der Waals surface area contributed by atoms with Crippen molar-refractivity contribution in [2.45, 2.75) is 6.92 Å². The average Bonchev–Trinajstić information content (AvgIpc) is 2.45. The van der Waals surface area contributed by atoms with Crippen LogP contribution in [0.25, 0.3) is 6.08 Å². The Balaban J connectivity index is 2.13. The third-order valence-electron chi connectivity index (χ3n) is 2.69. The number of amides is 1. The van der Waals surface area contributed by atoms with Gasteiger partial charge in [0.05, 0.1) is 0 Å². The van der Waals surface area contributed by atoms with E-state index in [0.29, 0.717) is 11.3 Å². The molecule has 2 rings (SSSR count). The molecule has 20 heavy (non-hydrogen) atoms. The van der Waals surface area contributed by atoms with Crippen LogP contribution < -0.4 is 5.32 Å². The number of carbonyl (C=O) groups excluding carboxylic acids is 2. The Hall–Kier alpha value is -2.68. The highest BCUT2D eigenvalue weighted by Gasteiger charge is 2.03. The topological polar surface area (TPSA) is 46.2 Å². The van der Waals surface area contributed by atoms with E-state index in [2.05, 4.69) is 5.32 Å². The maximum absolute atomic E-state index is 12.1. The van der Waals surface area contributed by atoms with Gasteiger partial charge >= 0.3 is 0 Å². The molecule has 0 aliphatic carbocycles. The molecule has 0 unspecified atom stereocenters. The zero-order chi connectivity index (χ0) is 14.4. The first kappa shape index (κ1) is 13.7. The zero-order valence-corrected chi connectivity index (χ0v) is 11.2. The molecule has 1 amide bonds. The van der Waals surface area contributed by atoms with Gasteiger partial charge in [0.1, 0.15) is 0 Å².